The van der Waals surface area contributed by atoms with Crippen molar-refractivity contribution in [3.63, 3.8) is 0 Å². The predicted molar refractivity (Wildman–Crippen MR) is 496 cm³/mol. The van der Waals surface area contributed by atoms with Crippen LogP contribution < -0.4 is 28.1 Å². The van der Waals surface area contributed by atoms with E-state index in [1.165, 1.54) is 49.6 Å². The van der Waals surface area contributed by atoms with Crippen LogP contribution in [0.5, 0.6) is 0 Å². The van der Waals surface area contributed by atoms with Gasteiger partial charge >= 0.3 is 41.1 Å². The highest BCUT2D eigenvalue weighted by Crippen LogP contribution is 2.35. The predicted octanol–water partition coefficient (Wildman–Crippen LogP) is 16.7. The van der Waals surface area contributed by atoms with E-state index in [0.29, 0.717) is 142 Å². The van der Waals surface area contributed by atoms with Gasteiger partial charge in [-0.2, -0.15) is 26.3 Å². The van der Waals surface area contributed by atoms with Crippen molar-refractivity contribution < 1.29 is 67.0 Å². The second kappa shape index (κ2) is 41.3. The first kappa shape index (κ1) is 105. The number of ether oxygens (including phenoxy) is 1. The van der Waals surface area contributed by atoms with Crippen LogP contribution in [0.4, 0.5) is 43.9 Å². The topological polar surface area (TPSA) is 317 Å². The van der Waals surface area contributed by atoms with Gasteiger partial charge < -0.3 is 24.3 Å². The van der Waals surface area contributed by atoms with E-state index >= 15 is 4.39 Å². The SMILES string of the molecule is C.C.CCc1ccc(-c2ccc3c(n2)n(C)c(=O)n3CC(C)(C)C)c(F)c1.COC(=O)c1ccc(-c2ccc3c(n2)n(C)c(=O)n3CC(C)(C)C)c(F)c1.CS(=O)(=O)Cl.Cn1c(=O)n(CC(C)(C)C)c2ccc(-c3ccc(CN4CCn5c(nnc5C(F)(F)F)C4)cc3F)nc21.Cn1c(=O)n(CC(C)(C)C)c2ccc(-c3ccc(CO)cc3F)nc21.FC(F)(F)c1nnc2n1CCNC2. The monoisotopic (exact) mass is 1910 g/mol. The molecule has 0 saturated carbocycles. The Balaban J connectivity index is 0.000000190. The van der Waals surface area contributed by atoms with Crippen LogP contribution in [0, 0.1) is 44.9 Å². The maximum atomic E-state index is 15.2. The van der Waals surface area contributed by atoms with Gasteiger partial charge in [-0.05, 0) is 148 Å². The smallest absolute Gasteiger partial charge is 0.451 e. The molecular weight excluding hydrogens is 1800 g/mol. The summed E-state index contributed by atoms with van der Waals surface area (Å²) in [6.45, 7) is 30.9. The molecule has 10 aromatic heterocycles. The third kappa shape index (κ3) is 25.0. The minimum atomic E-state index is -4.55. The molecule has 0 unspecified atom stereocenters. The number of carbonyl (C=O) groups is 1. The number of nitrogens with one attached hydrogen (secondary N) is 1. The third-order valence-corrected chi connectivity index (χ3v) is 21.0. The summed E-state index contributed by atoms with van der Waals surface area (Å²) in [5.41, 5.74) is 9.53. The van der Waals surface area contributed by atoms with Crippen molar-refractivity contribution in [3.8, 4) is 45.0 Å². The highest BCUT2D eigenvalue weighted by atomic mass is 35.7. The van der Waals surface area contributed by atoms with E-state index in [2.05, 4.69) is 123 Å². The number of hydrogen-bond acceptors (Lipinski definition) is 19. The van der Waals surface area contributed by atoms with Crippen molar-refractivity contribution in [1.82, 2.24) is 96.2 Å². The molecule has 722 valence electrons. The fourth-order valence-electron chi connectivity index (χ4n) is 15.0. The first-order valence-electron chi connectivity index (χ1n) is 41.9. The molecule has 0 spiro atoms. The van der Waals surface area contributed by atoms with Gasteiger partial charge in [0.05, 0.1) is 83.5 Å². The Kier molecular flexibility index (Phi) is 32.5. The molecule has 12 heterocycles. The number of imidazole rings is 4. The fourth-order valence-corrected chi connectivity index (χ4v) is 15.0. The number of aliphatic hydroxyl groups is 1. The Bertz CT molecular complexity index is 6860. The van der Waals surface area contributed by atoms with Gasteiger partial charge in [-0.1, -0.05) is 123 Å². The minimum Gasteiger partial charge on any atom is -0.465 e. The first-order valence-corrected chi connectivity index (χ1v) is 44.6. The summed E-state index contributed by atoms with van der Waals surface area (Å²) in [5, 5.41) is 25.6. The van der Waals surface area contributed by atoms with Crippen LogP contribution in [0.2, 0.25) is 0 Å². The zero-order chi connectivity index (χ0) is 97.3. The molecule has 2 aliphatic heterocycles. The summed E-state index contributed by atoms with van der Waals surface area (Å²) in [4.78, 5) is 82.1. The number of pyridine rings is 4. The van der Waals surface area contributed by atoms with Crippen molar-refractivity contribution in [3.05, 3.63) is 232 Å². The molecule has 4 aromatic carbocycles. The van der Waals surface area contributed by atoms with Crippen LogP contribution in [0.3, 0.4) is 0 Å². The van der Waals surface area contributed by atoms with Gasteiger partial charge in [-0.15, -0.1) is 20.4 Å². The lowest BCUT2D eigenvalue weighted by Gasteiger charge is -2.28. The molecule has 2 aliphatic rings. The van der Waals surface area contributed by atoms with E-state index in [1.807, 2.05) is 50.8 Å². The number of nitrogens with zero attached hydrogens (tertiary/aromatic N) is 19. The second-order valence-electron chi connectivity index (χ2n) is 37.0. The number of fused-ring (bicyclic) bond motifs is 6. The number of methoxy groups -OCH3 is 1. The van der Waals surface area contributed by atoms with Crippen molar-refractivity contribution >= 4 is 70.4 Å². The Labute approximate surface area is 772 Å². The van der Waals surface area contributed by atoms with Gasteiger partial charge in [0, 0.05) is 120 Å². The molecule has 0 saturated heterocycles. The van der Waals surface area contributed by atoms with Crippen LogP contribution in [0.15, 0.2) is 141 Å². The number of hydrogen-bond donors (Lipinski definition) is 2. The molecule has 134 heavy (non-hydrogen) atoms. The van der Waals surface area contributed by atoms with Crippen LogP contribution in [0.1, 0.15) is 155 Å². The number of rotatable bonds is 13. The van der Waals surface area contributed by atoms with Crippen LogP contribution in [-0.4, -0.2) is 137 Å². The van der Waals surface area contributed by atoms with Crippen LogP contribution in [-0.2, 0) is 126 Å². The normalized spacial score (nSPS) is 13.1. The lowest BCUT2D eigenvalue weighted by Crippen LogP contribution is -2.34. The largest absolute Gasteiger partial charge is 0.465 e. The number of halogens is 11. The number of carbonyl (C=O) groups excluding carboxylic acids is 1. The van der Waals surface area contributed by atoms with Gasteiger partial charge in [0.1, 0.15) is 34.9 Å². The van der Waals surface area contributed by atoms with E-state index < -0.39 is 56.5 Å². The number of esters is 1. The van der Waals surface area contributed by atoms with Crippen LogP contribution >= 0.6 is 10.7 Å². The molecule has 14 aromatic rings. The molecule has 0 bridgehead atoms. The van der Waals surface area contributed by atoms with Gasteiger partial charge in [0.2, 0.25) is 20.7 Å². The highest BCUT2D eigenvalue weighted by Gasteiger charge is 2.41. The van der Waals surface area contributed by atoms with Gasteiger partial charge in [0.25, 0.3) is 0 Å². The number of aryl methyl sites for hydroxylation is 5. The van der Waals surface area contributed by atoms with Crippen molar-refractivity contribution in [1.29, 1.82) is 0 Å². The first-order chi connectivity index (χ1) is 61.4. The molecule has 29 nitrogen and oxygen atoms in total. The Morgan fingerprint density at radius 1 is 0.455 bits per heavy atom. The minimum absolute atomic E-state index is 0. The summed E-state index contributed by atoms with van der Waals surface area (Å²) in [7, 11) is 9.23. The molecule has 41 heteroatoms. The lowest BCUT2D eigenvalue weighted by molar-refractivity contribution is -0.148. The molecule has 0 aliphatic carbocycles. The van der Waals surface area contributed by atoms with Crippen LogP contribution in [0.25, 0.3) is 89.7 Å². The van der Waals surface area contributed by atoms with E-state index in [0.717, 1.165) is 44.5 Å². The van der Waals surface area contributed by atoms with E-state index in [4.69, 9.17) is 5.11 Å². The number of aliphatic hydroxyl groups excluding tert-OH is 1. The van der Waals surface area contributed by atoms with E-state index in [-0.39, 0.29) is 108 Å². The molecule has 0 atom stereocenters. The fraction of sp³-hybridized carbons (Fsp3) is 0.430. The number of alkyl halides is 6. The lowest BCUT2D eigenvalue weighted by atomic mass is 9.97. The summed E-state index contributed by atoms with van der Waals surface area (Å²) < 4.78 is 173. The molecule has 2 N–H and O–H groups in total. The molecule has 0 amide bonds. The number of aromatic nitrogens is 18. The maximum Gasteiger partial charge on any atom is 0.451 e. The Morgan fingerprint density at radius 2 is 0.769 bits per heavy atom. The van der Waals surface area contributed by atoms with Crippen molar-refractivity contribution in [2.45, 2.75) is 189 Å². The average Bonchev–Trinajstić information content (AvgIpc) is 1.62. The van der Waals surface area contributed by atoms with Crippen molar-refractivity contribution in [2.24, 2.45) is 49.9 Å². The molecule has 0 radical (unpaired) electrons. The number of benzene rings is 4. The van der Waals surface area contributed by atoms with E-state index in [9.17, 15) is 71.9 Å². The summed E-state index contributed by atoms with van der Waals surface area (Å²) in [5.74, 6) is -3.70. The van der Waals surface area contributed by atoms with Crippen molar-refractivity contribution in [2.75, 3.05) is 26.5 Å². The quantitative estimate of drug-likeness (QED) is 0.0615. The molecule has 16 rings (SSSR count). The summed E-state index contributed by atoms with van der Waals surface area (Å²) in [6, 6.07) is 32.8. The van der Waals surface area contributed by atoms with E-state index in [1.54, 1.807) is 119 Å². The summed E-state index contributed by atoms with van der Waals surface area (Å²) in [6.07, 6.45) is -7.24. The maximum absolute atomic E-state index is 15.2. The second-order valence-corrected chi connectivity index (χ2v) is 40.0. The van der Waals surface area contributed by atoms with Gasteiger partial charge in [-0.3, -0.25) is 41.4 Å². The summed E-state index contributed by atoms with van der Waals surface area (Å²) >= 11 is 0. The van der Waals surface area contributed by atoms with Gasteiger partial charge in [0.15, 0.2) is 22.6 Å². The molecule has 0 fully saturated rings. The Hall–Kier alpha value is -12.3. The zero-order valence-corrected chi connectivity index (χ0v) is 78.1. The van der Waals surface area contributed by atoms with Gasteiger partial charge in [-0.25, -0.2) is 69.9 Å². The highest BCUT2D eigenvalue weighted by molar-refractivity contribution is 8.13. The average molecular weight is 1910 g/mol. The Morgan fingerprint density at radius 3 is 1.09 bits per heavy atom. The standard InChI is InChI=1S/C25H27F4N7O.C20H22FN3O3.C20H24FN3O.C19H22FN3O2.C6H7F3N4.CH3ClO2S.2CH4/c1-24(2,3)14-36-19-8-7-18(30-21(19)33(4)23(36)37)16-6-5-15(11-17(16)26)12-34-9-10-35-20(13-34)31-32-22(35)25(27,28)29;1-20(2,3)11-24-16-9-8-15(22-17(16)23(4)19(24)26)13-7-6-12(10-14(13)21)18(25)27-5;1-6-13-7-8-14(15(21)11-13)16-9-10-17-18(22-16)23(5)19(25)24(17)12-20(2,3)4;1-19(2,3)11-23-16-8-7-15(21-17(16)22(4)18(23)25)13-6-5-12(10-24)9-14(13)20;7-6(8,9)5-12-11-4-3-10-1-2-13(4)5;1-5(2,3)4;;/h5-8,11H,9-10,12-14H2,1-4H3;6-10H,11H2,1-5H3;7-11H,6,12H2,1-5H3;5-9,24H,10-11H2,1-4H3;10H,1-3H2;1H3;2*1H4. The molecular formula is C93H113ClF10N20O9S. The third-order valence-electron chi connectivity index (χ3n) is 21.0. The zero-order valence-electron chi connectivity index (χ0n) is 76.5.